The lowest BCUT2D eigenvalue weighted by atomic mass is 10.4. The van der Waals surface area contributed by atoms with Crippen molar-refractivity contribution in [3.63, 3.8) is 0 Å². The van der Waals surface area contributed by atoms with E-state index in [0.717, 1.165) is 12.4 Å². The lowest BCUT2D eigenvalue weighted by molar-refractivity contribution is 0.606. The van der Waals surface area contributed by atoms with Crippen LogP contribution < -0.4 is 21.3 Å². The molecule has 2 heterocycles. The lowest BCUT2D eigenvalue weighted by Gasteiger charge is -2.12. The van der Waals surface area contributed by atoms with E-state index in [1.54, 1.807) is 6.20 Å². The maximum absolute atomic E-state index is 3.16. The van der Waals surface area contributed by atoms with Crippen molar-refractivity contribution >= 4 is 0 Å². The van der Waals surface area contributed by atoms with Gasteiger partial charge in [-0.25, -0.2) is 0 Å². The Bertz CT molecular complexity index is 176. The van der Waals surface area contributed by atoms with Gasteiger partial charge >= 0.3 is 0 Å². The molecule has 1 atom stereocenters. The van der Waals surface area contributed by atoms with Crippen molar-refractivity contribution in [1.29, 1.82) is 0 Å². The molecular weight excluding hydrogens is 128 g/mol. The summed E-state index contributed by atoms with van der Waals surface area (Å²) in [7, 11) is 0. The van der Waals surface area contributed by atoms with Crippen molar-refractivity contribution < 1.29 is 0 Å². The molecule has 0 saturated heterocycles. The average molecular weight is 137 g/mol. The van der Waals surface area contributed by atoms with Crippen molar-refractivity contribution in [1.82, 2.24) is 21.3 Å². The molecule has 10 heavy (non-hydrogen) atoms. The van der Waals surface area contributed by atoms with Crippen LogP contribution in [0, 0.1) is 6.20 Å². The van der Waals surface area contributed by atoms with Gasteiger partial charge in [-0.15, -0.1) is 0 Å². The van der Waals surface area contributed by atoms with E-state index in [2.05, 4.69) is 27.5 Å². The third-order valence-electron chi connectivity index (χ3n) is 1.51. The molecule has 0 aromatic carbocycles. The van der Waals surface area contributed by atoms with Crippen molar-refractivity contribution in [3.8, 4) is 0 Å². The molecule has 0 bridgehead atoms. The molecule has 0 aromatic heterocycles. The molecule has 0 aliphatic carbocycles. The Kier molecular flexibility index (Phi) is 1.16. The Morgan fingerprint density at radius 1 is 1.60 bits per heavy atom. The largest absolute Gasteiger partial charge is 0.372 e. The van der Waals surface area contributed by atoms with Crippen LogP contribution in [0.4, 0.5) is 0 Å². The lowest BCUT2D eigenvalue weighted by Crippen LogP contribution is -2.37. The van der Waals surface area contributed by atoms with Crippen LogP contribution in [0.1, 0.15) is 0 Å². The normalized spacial score (nSPS) is 22.6. The van der Waals surface area contributed by atoms with Gasteiger partial charge in [-0.05, 0) is 0 Å². The van der Waals surface area contributed by atoms with Crippen molar-refractivity contribution in [2.24, 2.45) is 0 Å². The molecule has 4 N–H and O–H groups in total. The molecule has 0 fully saturated rings. The third kappa shape index (κ3) is 0.775. The molecule has 2 aliphatic rings. The smallest absolute Gasteiger partial charge is 0.139 e. The second-order valence-electron chi connectivity index (χ2n) is 2.19. The van der Waals surface area contributed by atoms with Crippen LogP contribution in [-0.2, 0) is 0 Å². The minimum Gasteiger partial charge on any atom is -0.372 e. The fourth-order valence-electron chi connectivity index (χ4n) is 1.01. The van der Waals surface area contributed by atoms with Gasteiger partial charge in [0.2, 0.25) is 0 Å². The maximum Gasteiger partial charge on any atom is 0.139 e. The summed E-state index contributed by atoms with van der Waals surface area (Å²) >= 11 is 0. The van der Waals surface area contributed by atoms with E-state index in [-0.39, 0.29) is 6.17 Å². The van der Waals surface area contributed by atoms with E-state index in [1.165, 1.54) is 0 Å². The quantitative estimate of drug-likeness (QED) is 0.365. The van der Waals surface area contributed by atoms with Gasteiger partial charge < -0.3 is 21.3 Å². The van der Waals surface area contributed by atoms with E-state index >= 15 is 0 Å². The van der Waals surface area contributed by atoms with Crippen molar-refractivity contribution in [2.45, 2.75) is 6.17 Å². The molecule has 0 saturated carbocycles. The summed E-state index contributed by atoms with van der Waals surface area (Å²) in [6.45, 7) is 0.815. The highest BCUT2D eigenvalue weighted by Gasteiger charge is 2.15. The molecule has 1 unspecified atom stereocenters. The summed E-state index contributed by atoms with van der Waals surface area (Å²) in [5, 5.41) is 12.3. The zero-order valence-electron chi connectivity index (χ0n) is 5.44. The minimum atomic E-state index is 0.176. The van der Waals surface area contributed by atoms with Gasteiger partial charge in [0.05, 0.1) is 18.6 Å². The molecule has 0 spiro atoms. The summed E-state index contributed by atoms with van der Waals surface area (Å²) in [5.41, 5.74) is 1.13. The Labute approximate surface area is 59.4 Å². The number of rotatable bonds is 1. The van der Waals surface area contributed by atoms with Crippen molar-refractivity contribution in [2.75, 3.05) is 6.67 Å². The van der Waals surface area contributed by atoms with Crippen LogP contribution >= 0.6 is 0 Å². The van der Waals surface area contributed by atoms with Crippen LogP contribution in [0.3, 0.4) is 0 Å². The monoisotopic (exact) mass is 137 g/mol. The van der Waals surface area contributed by atoms with Crippen LogP contribution in [-0.4, -0.2) is 12.8 Å². The highest BCUT2D eigenvalue weighted by molar-refractivity contribution is 5.14. The zero-order valence-corrected chi connectivity index (χ0v) is 5.44. The van der Waals surface area contributed by atoms with E-state index in [9.17, 15) is 0 Å². The van der Waals surface area contributed by atoms with Gasteiger partial charge in [0.1, 0.15) is 6.17 Å². The fourth-order valence-corrected chi connectivity index (χ4v) is 1.01. The predicted octanol–water partition coefficient (Wildman–Crippen LogP) is -1.23. The first kappa shape index (κ1) is 5.46. The van der Waals surface area contributed by atoms with E-state index in [1.807, 2.05) is 6.20 Å². The second-order valence-corrected chi connectivity index (χ2v) is 2.19. The van der Waals surface area contributed by atoms with Gasteiger partial charge in [0, 0.05) is 12.4 Å². The van der Waals surface area contributed by atoms with Crippen LogP contribution in [0.25, 0.3) is 0 Å². The summed E-state index contributed by atoms with van der Waals surface area (Å²) < 4.78 is 0. The predicted molar refractivity (Wildman–Crippen MR) is 37.1 cm³/mol. The standard InChI is InChI=1S/C6H9N4/c1-2-9-6(8-1)5-3-7-4-10-5/h1,3,6-10H,4H2. The molecule has 2 aliphatic heterocycles. The first-order valence-corrected chi connectivity index (χ1v) is 3.23. The van der Waals surface area contributed by atoms with Crippen molar-refractivity contribution in [3.05, 3.63) is 24.3 Å². The van der Waals surface area contributed by atoms with E-state index in [0.29, 0.717) is 0 Å². The van der Waals surface area contributed by atoms with Gasteiger partial charge in [-0.3, -0.25) is 0 Å². The molecule has 2 rings (SSSR count). The van der Waals surface area contributed by atoms with E-state index in [4.69, 9.17) is 0 Å². The molecule has 4 nitrogen and oxygen atoms in total. The highest BCUT2D eigenvalue weighted by Crippen LogP contribution is 2.00. The van der Waals surface area contributed by atoms with Gasteiger partial charge in [-0.2, -0.15) is 0 Å². The van der Waals surface area contributed by atoms with Crippen LogP contribution in [0.15, 0.2) is 18.1 Å². The minimum absolute atomic E-state index is 0.176. The Balaban J connectivity index is 1.99. The maximum atomic E-state index is 3.16. The molecule has 0 amide bonds. The second kappa shape index (κ2) is 2.13. The summed E-state index contributed by atoms with van der Waals surface area (Å²) in [6, 6.07) is 0. The van der Waals surface area contributed by atoms with E-state index < -0.39 is 0 Å². The average Bonchev–Trinajstić information content (AvgIpc) is 2.59. The topological polar surface area (TPSA) is 48.1 Å². The van der Waals surface area contributed by atoms with Crippen LogP contribution in [0.5, 0.6) is 0 Å². The molecule has 4 heteroatoms. The summed E-state index contributed by atoms with van der Waals surface area (Å²) in [5.74, 6) is 0. The molecular formula is C6H9N4. The Hall–Kier alpha value is -1.32. The zero-order chi connectivity index (χ0) is 6.81. The van der Waals surface area contributed by atoms with Gasteiger partial charge in [0.15, 0.2) is 0 Å². The summed E-state index contributed by atoms with van der Waals surface area (Å²) in [6.07, 6.45) is 6.75. The summed E-state index contributed by atoms with van der Waals surface area (Å²) in [4.78, 5) is 0. The third-order valence-corrected chi connectivity index (χ3v) is 1.51. The SMILES string of the molecule is [C]1=CNC(C2=CNCN2)N1. The Morgan fingerprint density at radius 3 is 3.20 bits per heavy atom. The fraction of sp³-hybridized carbons (Fsp3) is 0.333. The molecule has 53 valence electrons. The highest BCUT2D eigenvalue weighted by atomic mass is 15.2. The van der Waals surface area contributed by atoms with Gasteiger partial charge in [-0.1, -0.05) is 0 Å². The number of nitrogens with one attached hydrogen (secondary N) is 4. The first-order valence-electron chi connectivity index (χ1n) is 3.23. The first-order chi connectivity index (χ1) is 4.97. The Morgan fingerprint density at radius 2 is 2.60 bits per heavy atom. The number of hydrogen-bond acceptors (Lipinski definition) is 4. The number of hydrogen-bond donors (Lipinski definition) is 4. The molecule has 1 radical (unpaired) electrons. The van der Waals surface area contributed by atoms with Gasteiger partial charge in [0.25, 0.3) is 0 Å². The molecule has 0 aromatic rings. The van der Waals surface area contributed by atoms with Crippen LogP contribution in [0.2, 0.25) is 0 Å².